The number of hydrogen-bond donors (Lipinski definition) is 2. The molecular formula is C15H15N3O4. The molecule has 1 heterocycles. The highest BCUT2D eigenvalue weighted by atomic mass is 16.6. The van der Waals surface area contributed by atoms with Crippen LogP contribution in [0.15, 0.2) is 41.6 Å². The summed E-state index contributed by atoms with van der Waals surface area (Å²) in [6.07, 6.45) is 3.11. The lowest BCUT2D eigenvalue weighted by Crippen LogP contribution is -2.17. The van der Waals surface area contributed by atoms with E-state index in [0.717, 1.165) is 0 Å². The number of amides is 1. The minimum Gasteiger partial charge on any atom is -0.493 e. The van der Waals surface area contributed by atoms with Crippen molar-refractivity contribution < 1.29 is 19.1 Å². The maximum Gasteiger partial charge on any atom is 0.308 e. The number of nitrogens with zero attached hydrogens (tertiary/aromatic N) is 1. The van der Waals surface area contributed by atoms with E-state index in [1.807, 2.05) is 0 Å². The first-order chi connectivity index (χ1) is 10.6. The molecule has 0 saturated carbocycles. The van der Waals surface area contributed by atoms with E-state index in [-0.39, 0.29) is 5.91 Å². The third-order valence-corrected chi connectivity index (χ3v) is 2.66. The number of aromatic amines is 1. The van der Waals surface area contributed by atoms with Gasteiger partial charge in [0.1, 0.15) is 5.69 Å². The second-order valence-electron chi connectivity index (χ2n) is 4.29. The first-order valence-electron chi connectivity index (χ1n) is 6.43. The first-order valence-corrected chi connectivity index (χ1v) is 6.43. The van der Waals surface area contributed by atoms with Crippen molar-refractivity contribution in [2.45, 2.75) is 6.92 Å². The molecule has 2 aromatic rings. The maximum atomic E-state index is 11.7. The van der Waals surface area contributed by atoms with Gasteiger partial charge in [0.05, 0.1) is 13.3 Å². The Hall–Kier alpha value is -3.09. The Morgan fingerprint density at radius 3 is 2.73 bits per heavy atom. The smallest absolute Gasteiger partial charge is 0.308 e. The molecule has 2 rings (SSSR count). The first kappa shape index (κ1) is 15.3. The quantitative estimate of drug-likeness (QED) is 0.380. The van der Waals surface area contributed by atoms with E-state index in [2.05, 4.69) is 15.5 Å². The summed E-state index contributed by atoms with van der Waals surface area (Å²) < 4.78 is 10.1. The number of ether oxygens (including phenoxy) is 2. The molecule has 0 fully saturated rings. The highest BCUT2D eigenvalue weighted by Crippen LogP contribution is 2.27. The molecular weight excluding hydrogens is 286 g/mol. The van der Waals surface area contributed by atoms with E-state index in [0.29, 0.717) is 22.8 Å². The van der Waals surface area contributed by atoms with Gasteiger partial charge in [-0.05, 0) is 35.9 Å². The molecule has 0 saturated heterocycles. The van der Waals surface area contributed by atoms with Gasteiger partial charge in [0, 0.05) is 13.1 Å². The van der Waals surface area contributed by atoms with E-state index in [1.165, 1.54) is 20.2 Å². The van der Waals surface area contributed by atoms with Crippen molar-refractivity contribution in [2.75, 3.05) is 7.11 Å². The average Bonchev–Trinajstić information content (AvgIpc) is 3.02. The Morgan fingerprint density at radius 1 is 1.27 bits per heavy atom. The lowest BCUT2D eigenvalue weighted by atomic mass is 10.2. The fourth-order valence-electron chi connectivity index (χ4n) is 1.70. The van der Waals surface area contributed by atoms with Crippen molar-refractivity contribution >= 4 is 18.1 Å². The van der Waals surface area contributed by atoms with Crippen LogP contribution in [-0.4, -0.2) is 30.2 Å². The Morgan fingerprint density at radius 2 is 2.09 bits per heavy atom. The van der Waals surface area contributed by atoms with Gasteiger partial charge in [-0.1, -0.05) is 0 Å². The molecule has 0 unspecified atom stereocenters. The van der Waals surface area contributed by atoms with Crippen LogP contribution in [0.4, 0.5) is 0 Å². The van der Waals surface area contributed by atoms with E-state index >= 15 is 0 Å². The van der Waals surface area contributed by atoms with Gasteiger partial charge < -0.3 is 14.5 Å². The molecule has 7 heteroatoms. The maximum absolute atomic E-state index is 11.7. The lowest BCUT2D eigenvalue weighted by molar-refractivity contribution is -0.132. The van der Waals surface area contributed by atoms with Crippen LogP contribution in [0.5, 0.6) is 11.5 Å². The van der Waals surface area contributed by atoms with Crippen LogP contribution >= 0.6 is 0 Å². The normalized spacial score (nSPS) is 10.5. The summed E-state index contributed by atoms with van der Waals surface area (Å²) in [4.78, 5) is 25.4. The molecule has 0 atom stereocenters. The van der Waals surface area contributed by atoms with Crippen molar-refractivity contribution in [1.82, 2.24) is 10.4 Å². The van der Waals surface area contributed by atoms with E-state index in [9.17, 15) is 9.59 Å². The lowest BCUT2D eigenvalue weighted by Gasteiger charge is -2.08. The number of benzene rings is 1. The minimum absolute atomic E-state index is 0.322. The average molecular weight is 301 g/mol. The van der Waals surface area contributed by atoms with Gasteiger partial charge >= 0.3 is 5.97 Å². The Bertz CT molecular complexity index is 693. The van der Waals surface area contributed by atoms with Crippen molar-refractivity contribution in [2.24, 2.45) is 5.10 Å². The van der Waals surface area contributed by atoms with Crippen LogP contribution in [-0.2, 0) is 4.79 Å². The number of esters is 1. The number of H-pyrrole nitrogens is 1. The summed E-state index contributed by atoms with van der Waals surface area (Å²) in [6.45, 7) is 1.31. The fraction of sp³-hybridized carbons (Fsp3) is 0.133. The number of aromatic nitrogens is 1. The topological polar surface area (TPSA) is 92.8 Å². The van der Waals surface area contributed by atoms with Gasteiger partial charge in [-0.25, -0.2) is 5.43 Å². The Kier molecular flexibility index (Phi) is 4.92. The van der Waals surface area contributed by atoms with Crippen LogP contribution in [0.1, 0.15) is 23.0 Å². The highest BCUT2D eigenvalue weighted by molar-refractivity contribution is 5.93. The van der Waals surface area contributed by atoms with Crippen molar-refractivity contribution in [1.29, 1.82) is 0 Å². The molecule has 0 radical (unpaired) electrons. The number of methoxy groups -OCH3 is 1. The zero-order valence-electron chi connectivity index (χ0n) is 12.1. The predicted molar refractivity (Wildman–Crippen MR) is 80.2 cm³/mol. The summed E-state index contributed by atoms with van der Waals surface area (Å²) in [5.74, 6) is -0.0555. The van der Waals surface area contributed by atoms with Crippen LogP contribution < -0.4 is 14.9 Å². The van der Waals surface area contributed by atoms with Crippen molar-refractivity contribution in [3.63, 3.8) is 0 Å². The Labute approximate surface area is 126 Å². The second kappa shape index (κ2) is 7.07. The zero-order chi connectivity index (χ0) is 15.9. The number of rotatable bonds is 5. The standard InChI is InChI=1S/C15H15N3O4/c1-10(19)22-13-6-5-11(8-14(13)21-2)9-17-18-15(20)12-4-3-7-16-12/h3-9,16H,1-2H3,(H,18,20)/b17-9-. The van der Waals surface area contributed by atoms with Gasteiger partial charge in [0.2, 0.25) is 0 Å². The van der Waals surface area contributed by atoms with Gasteiger partial charge in [0.25, 0.3) is 5.91 Å². The zero-order valence-corrected chi connectivity index (χ0v) is 12.1. The third kappa shape index (κ3) is 3.95. The number of carbonyl (C=O) groups excluding carboxylic acids is 2. The van der Waals surface area contributed by atoms with Crippen LogP contribution in [0.2, 0.25) is 0 Å². The molecule has 0 bridgehead atoms. The predicted octanol–water partition coefficient (Wildman–Crippen LogP) is 1.71. The van der Waals surface area contributed by atoms with Crippen LogP contribution in [0, 0.1) is 0 Å². The Balaban J connectivity index is 2.05. The van der Waals surface area contributed by atoms with Gasteiger partial charge in [-0.2, -0.15) is 5.10 Å². The second-order valence-corrected chi connectivity index (χ2v) is 4.29. The van der Waals surface area contributed by atoms with Gasteiger partial charge in [0.15, 0.2) is 11.5 Å². The highest BCUT2D eigenvalue weighted by Gasteiger charge is 2.07. The summed E-state index contributed by atoms with van der Waals surface area (Å²) >= 11 is 0. The monoisotopic (exact) mass is 301 g/mol. The van der Waals surface area contributed by atoms with E-state index < -0.39 is 5.97 Å². The molecule has 1 aromatic carbocycles. The van der Waals surface area contributed by atoms with E-state index in [4.69, 9.17) is 9.47 Å². The summed E-state index contributed by atoms with van der Waals surface area (Å²) in [6, 6.07) is 8.28. The summed E-state index contributed by atoms with van der Waals surface area (Å²) in [7, 11) is 1.47. The number of hydrogen-bond acceptors (Lipinski definition) is 5. The number of hydrazone groups is 1. The summed E-state index contributed by atoms with van der Waals surface area (Å²) in [5, 5.41) is 3.86. The number of carbonyl (C=O) groups is 2. The van der Waals surface area contributed by atoms with Crippen molar-refractivity contribution in [3.8, 4) is 11.5 Å². The molecule has 1 aromatic heterocycles. The molecule has 2 N–H and O–H groups in total. The SMILES string of the molecule is COc1cc(/C=N\NC(=O)c2ccc[nH]2)ccc1OC(C)=O. The molecule has 0 aliphatic rings. The fourth-order valence-corrected chi connectivity index (χ4v) is 1.70. The number of nitrogens with one attached hydrogen (secondary N) is 2. The molecule has 7 nitrogen and oxygen atoms in total. The largest absolute Gasteiger partial charge is 0.493 e. The van der Waals surface area contributed by atoms with Gasteiger partial charge in [-0.3, -0.25) is 9.59 Å². The third-order valence-electron chi connectivity index (χ3n) is 2.66. The summed E-state index contributed by atoms with van der Waals surface area (Å²) in [5.41, 5.74) is 3.49. The molecule has 0 aliphatic heterocycles. The van der Waals surface area contributed by atoms with Crippen molar-refractivity contribution in [3.05, 3.63) is 47.8 Å². The molecule has 1 amide bonds. The molecule has 0 spiro atoms. The van der Waals surface area contributed by atoms with E-state index in [1.54, 1.807) is 36.5 Å². The van der Waals surface area contributed by atoms with Crippen LogP contribution in [0.25, 0.3) is 0 Å². The van der Waals surface area contributed by atoms with Crippen LogP contribution in [0.3, 0.4) is 0 Å². The minimum atomic E-state index is -0.432. The molecule has 114 valence electrons. The molecule has 0 aliphatic carbocycles. The van der Waals surface area contributed by atoms with Gasteiger partial charge in [-0.15, -0.1) is 0 Å². The molecule has 22 heavy (non-hydrogen) atoms.